The molecule has 7 nitrogen and oxygen atoms in total. The van der Waals surface area contributed by atoms with Crippen LogP contribution in [0.5, 0.6) is 5.75 Å². The lowest BCUT2D eigenvalue weighted by Crippen LogP contribution is -2.21. The summed E-state index contributed by atoms with van der Waals surface area (Å²) in [6.07, 6.45) is 0. The summed E-state index contributed by atoms with van der Waals surface area (Å²) >= 11 is 1.11. The molecule has 3 rings (SSSR count). The van der Waals surface area contributed by atoms with E-state index in [0.717, 1.165) is 17.1 Å². The normalized spacial score (nSPS) is 10.7. The lowest BCUT2D eigenvalue weighted by Gasteiger charge is -2.13. The summed E-state index contributed by atoms with van der Waals surface area (Å²) in [5.74, 6) is 1.09. The molecule has 2 aromatic carbocycles. The van der Waals surface area contributed by atoms with Crippen LogP contribution in [-0.2, 0) is 0 Å². The Morgan fingerprint density at radius 2 is 1.83 bits per heavy atom. The van der Waals surface area contributed by atoms with E-state index in [-0.39, 0.29) is 11.7 Å². The number of nitrogens with zero attached hydrogens (tertiary/aromatic N) is 2. The van der Waals surface area contributed by atoms with E-state index in [1.54, 1.807) is 36.4 Å². The summed E-state index contributed by atoms with van der Waals surface area (Å²) < 4.78 is 9.52. The maximum atomic E-state index is 13.1. The topological polar surface area (TPSA) is 93.2 Å². The van der Waals surface area contributed by atoms with Crippen molar-refractivity contribution in [1.82, 2.24) is 9.36 Å². The van der Waals surface area contributed by atoms with E-state index in [9.17, 15) is 9.59 Å². The van der Waals surface area contributed by atoms with Crippen molar-refractivity contribution in [2.24, 2.45) is 0 Å². The average molecular weight is 410 g/mol. The number of aromatic nitrogens is 2. The molecule has 0 aliphatic rings. The van der Waals surface area contributed by atoms with E-state index in [2.05, 4.69) is 20.0 Å². The molecular weight excluding hydrogens is 388 g/mol. The van der Waals surface area contributed by atoms with E-state index in [4.69, 9.17) is 4.74 Å². The number of benzene rings is 2. The molecular formula is C21H22N4O3S. The van der Waals surface area contributed by atoms with E-state index < -0.39 is 6.03 Å². The second-order valence-electron chi connectivity index (χ2n) is 6.77. The molecule has 0 aliphatic heterocycles. The molecule has 0 saturated carbocycles. The predicted octanol–water partition coefficient (Wildman–Crippen LogP) is 4.85. The van der Waals surface area contributed by atoms with Crippen LogP contribution in [0.3, 0.4) is 0 Å². The number of ketones is 1. The van der Waals surface area contributed by atoms with Crippen molar-refractivity contribution in [2.45, 2.75) is 26.7 Å². The Labute approximate surface area is 173 Å². The number of hydrogen-bond donors (Lipinski definition) is 2. The Balaban J connectivity index is 1.84. The van der Waals surface area contributed by atoms with Crippen LogP contribution in [0.1, 0.15) is 47.1 Å². The number of rotatable bonds is 6. The fourth-order valence-corrected chi connectivity index (χ4v) is 3.41. The highest BCUT2D eigenvalue weighted by Crippen LogP contribution is 2.26. The first-order valence-corrected chi connectivity index (χ1v) is 9.86. The lowest BCUT2D eigenvalue weighted by atomic mass is 9.99. The number of methoxy groups -OCH3 is 1. The molecule has 0 saturated heterocycles. The smallest absolute Gasteiger partial charge is 0.325 e. The fraction of sp³-hybridized carbons (Fsp3) is 0.238. The zero-order chi connectivity index (χ0) is 21.0. The van der Waals surface area contributed by atoms with Crippen molar-refractivity contribution in [1.29, 1.82) is 0 Å². The first-order valence-electron chi connectivity index (χ1n) is 9.09. The van der Waals surface area contributed by atoms with Crippen molar-refractivity contribution in [3.63, 3.8) is 0 Å². The number of anilines is 2. The third kappa shape index (κ3) is 4.78. The fourth-order valence-electron chi connectivity index (χ4n) is 2.70. The number of hydrogen-bond acceptors (Lipinski definition) is 6. The quantitative estimate of drug-likeness (QED) is 0.567. The van der Waals surface area contributed by atoms with Crippen LogP contribution in [0.15, 0.2) is 42.5 Å². The molecule has 0 radical (unpaired) electrons. The van der Waals surface area contributed by atoms with Gasteiger partial charge >= 0.3 is 6.03 Å². The monoisotopic (exact) mass is 410 g/mol. The zero-order valence-electron chi connectivity index (χ0n) is 16.6. The van der Waals surface area contributed by atoms with E-state index >= 15 is 0 Å². The first-order chi connectivity index (χ1) is 13.9. The SMILES string of the molecule is COc1ccccc1C(=O)c1cc(C)ccc1NC(=O)Nc1nc(C(C)C)ns1. The van der Waals surface area contributed by atoms with Crippen LogP contribution in [0, 0.1) is 6.92 Å². The van der Waals surface area contributed by atoms with Gasteiger partial charge in [0, 0.05) is 23.0 Å². The number of nitrogens with one attached hydrogen (secondary N) is 2. The van der Waals surface area contributed by atoms with Crippen LogP contribution < -0.4 is 15.4 Å². The number of ether oxygens (including phenoxy) is 1. The second-order valence-corrected chi connectivity index (χ2v) is 7.52. The maximum Gasteiger partial charge on any atom is 0.325 e. The third-order valence-electron chi connectivity index (χ3n) is 4.20. The predicted molar refractivity (Wildman–Crippen MR) is 114 cm³/mol. The molecule has 0 spiro atoms. The van der Waals surface area contributed by atoms with Gasteiger partial charge in [0.2, 0.25) is 5.13 Å². The van der Waals surface area contributed by atoms with Crippen molar-refractivity contribution in [3.05, 3.63) is 65.0 Å². The van der Waals surface area contributed by atoms with Gasteiger partial charge in [-0.1, -0.05) is 37.6 Å². The summed E-state index contributed by atoms with van der Waals surface area (Å²) in [5, 5.41) is 5.81. The summed E-state index contributed by atoms with van der Waals surface area (Å²) in [4.78, 5) is 29.9. The summed E-state index contributed by atoms with van der Waals surface area (Å²) in [7, 11) is 1.52. The van der Waals surface area contributed by atoms with Crippen LogP contribution in [0.4, 0.5) is 15.6 Å². The number of amides is 2. The highest BCUT2D eigenvalue weighted by molar-refractivity contribution is 7.09. The van der Waals surface area contributed by atoms with E-state index in [1.165, 1.54) is 7.11 Å². The molecule has 1 aromatic heterocycles. The minimum Gasteiger partial charge on any atom is -0.496 e. The molecule has 29 heavy (non-hydrogen) atoms. The van der Waals surface area contributed by atoms with Gasteiger partial charge in [0.25, 0.3) is 0 Å². The van der Waals surface area contributed by atoms with Gasteiger partial charge in [-0.2, -0.15) is 4.37 Å². The Morgan fingerprint density at radius 1 is 1.07 bits per heavy atom. The molecule has 150 valence electrons. The van der Waals surface area contributed by atoms with E-state index in [0.29, 0.717) is 33.5 Å². The van der Waals surface area contributed by atoms with Crippen LogP contribution in [0.2, 0.25) is 0 Å². The molecule has 0 aliphatic carbocycles. The Morgan fingerprint density at radius 3 is 2.52 bits per heavy atom. The standard InChI is InChI=1S/C21H22N4O3S/c1-12(2)19-23-21(29-25-19)24-20(27)22-16-10-9-13(3)11-15(16)18(26)14-7-5-6-8-17(14)28-4/h5-12H,1-4H3,(H2,22,23,24,25,27). The average Bonchev–Trinajstić information content (AvgIpc) is 3.17. The largest absolute Gasteiger partial charge is 0.496 e. The van der Waals surface area contributed by atoms with Crippen LogP contribution in [-0.4, -0.2) is 28.3 Å². The van der Waals surface area contributed by atoms with Gasteiger partial charge < -0.3 is 10.1 Å². The summed E-state index contributed by atoms with van der Waals surface area (Å²) in [6.45, 7) is 5.85. The molecule has 2 amide bonds. The van der Waals surface area contributed by atoms with E-state index in [1.807, 2.05) is 26.8 Å². The van der Waals surface area contributed by atoms with Gasteiger partial charge in [0.05, 0.1) is 18.4 Å². The van der Waals surface area contributed by atoms with Gasteiger partial charge in [0.1, 0.15) is 11.6 Å². The third-order valence-corrected chi connectivity index (χ3v) is 4.84. The Kier molecular flexibility index (Phi) is 6.23. The van der Waals surface area contributed by atoms with Crippen molar-refractivity contribution >= 4 is 34.2 Å². The molecule has 2 N–H and O–H groups in total. The van der Waals surface area contributed by atoms with Crippen LogP contribution in [0.25, 0.3) is 0 Å². The molecule has 0 unspecified atom stereocenters. The summed E-state index contributed by atoms with van der Waals surface area (Å²) in [5.41, 5.74) is 2.11. The maximum absolute atomic E-state index is 13.1. The highest BCUT2D eigenvalue weighted by Gasteiger charge is 2.19. The minimum atomic E-state index is -0.491. The van der Waals surface area contributed by atoms with Crippen molar-refractivity contribution < 1.29 is 14.3 Å². The molecule has 8 heteroatoms. The number of carbonyl (C=O) groups excluding carboxylic acids is 2. The van der Waals surface area contributed by atoms with Gasteiger partial charge in [-0.15, -0.1) is 0 Å². The zero-order valence-corrected chi connectivity index (χ0v) is 17.5. The summed E-state index contributed by atoms with van der Waals surface area (Å²) in [6, 6.07) is 11.8. The highest BCUT2D eigenvalue weighted by atomic mass is 32.1. The minimum absolute atomic E-state index is 0.173. The molecule has 1 heterocycles. The number of aryl methyl sites for hydroxylation is 1. The van der Waals surface area contributed by atoms with Gasteiger partial charge in [0.15, 0.2) is 5.78 Å². The lowest BCUT2D eigenvalue weighted by molar-refractivity contribution is 0.103. The van der Waals surface area contributed by atoms with Gasteiger partial charge in [-0.25, -0.2) is 9.78 Å². The van der Waals surface area contributed by atoms with Crippen LogP contribution >= 0.6 is 11.5 Å². The Bertz CT molecular complexity index is 1050. The van der Waals surface area contributed by atoms with Crippen molar-refractivity contribution in [3.8, 4) is 5.75 Å². The van der Waals surface area contributed by atoms with Gasteiger partial charge in [-0.05, 0) is 31.2 Å². The molecule has 0 bridgehead atoms. The number of para-hydroxylation sites is 1. The Hall–Kier alpha value is -3.26. The number of carbonyl (C=O) groups is 2. The van der Waals surface area contributed by atoms with Crippen molar-refractivity contribution in [2.75, 3.05) is 17.7 Å². The number of urea groups is 1. The van der Waals surface area contributed by atoms with Gasteiger partial charge in [-0.3, -0.25) is 10.1 Å². The first kappa shape index (κ1) is 20.5. The second kappa shape index (κ2) is 8.83. The molecule has 3 aromatic rings. The molecule has 0 fully saturated rings. The molecule has 0 atom stereocenters.